The van der Waals surface area contributed by atoms with E-state index in [0.29, 0.717) is 6.54 Å². The van der Waals surface area contributed by atoms with E-state index in [0.717, 1.165) is 22.5 Å². The Morgan fingerprint density at radius 1 is 1.04 bits per heavy atom. The number of rotatable bonds is 6. The first-order valence-electron chi connectivity index (χ1n) is 8.96. The molecule has 0 aliphatic heterocycles. The first kappa shape index (κ1) is 19.3. The van der Waals surface area contributed by atoms with Gasteiger partial charge in [-0.15, -0.1) is 0 Å². The van der Waals surface area contributed by atoms with Gasteiger partial charge in [-0.2, -0.15) is 5.10 Å². The van der Waals surface area contributed by atoms with Crippen LogP contribution in [0.1, 0.15) is 5.56 Å². The Balaban J connectivity index is 1.83. The summed E-state index contributed by atoms with van der Waals surface area (Å²) in [6, 6.07) is 19.3. The lowest BCUT2D eigenvalue weighted by atomic mass is 10.1. The van der Waals surface area contributed by atoms with E-state index in [9.17, 15) is 9.59 Å². The van der Waals surface area contributed by atoms with Crippen molar-refractivity contribution >= 4 is 11.9 Å². The second kappa shape index (κ2) is 8.96. The molecule has 144 valence electrons. The van der Waals surface area contributed by atoms with Gasteiger partial charge in [-0.05, 0) is 19.2 Å². The highest BCUT2D eigenvalue weighted by molar-refractivity contribution is 5.95. The van der Waals surface area contributed by atoms with Crippen molar-refractivity contribution in [1.29, 1.82) is 0 Å². The number of carbonyl (C=O) groups excluding carboxylic acids is 2. The maximum absolute atomic E-state index is 12.0. The minimum atomic E-state index is -0.514. The third-order valence-electron chi connectivity index (χ3n) is 4.19. The van der Waals surface area contributed by atoms with Gasteiger partial charge in [0.2, 0.25) is 5.91 Å². The minimum absolute atomic E-state index is 0.0954. The maximum Gasteiger partial charge on any atom is 0.321 e. The van der Waals surface area contributed by atoms with Crippen LogP contribution < -0.4 is 10.6 Å². The number of nitrogens with zero attached hydrogens (tertiary/aromatic N) is 3. The molecule has 0 radical (unpaired) electrons. The molecule has 7 heteroatoms. The summed E-state index contributed by atoms with van der Waals surface area (Å²) in [5.74, 6) is -0.362. The molecule has 1 aromatic heterocycles. The number of urea groups is 1. The number of nitrogens with one attached hydrogen (secondary N) is 2. The van der Waals surface area contributed by atoms with Crippen LogP contribution in [0.25, 0.3) is 16.9 Å². The second-order valence-electron chi connectivity index (χ2n) is 6.45. The molecule has 0 atom stereocenters. The van der Waals surface area contributed by atoms with Crippen LogP contribution in [0, 0.1) is 0 Å². The Hall–Kier alpha value is -3.45. The van der Waals surface area contributed by atoms with Crippen LogP contribution in [-0.2, 0) is 11.3 Å². The number of amides is 3. The zero-order valence-electron chi connectivity index (χ0n) is 15.9. The standard InChI is InChI=1S/C21H23N5O2/c1-22-21(28)23-19(27)15-25(2)13-17-14-26(18-11-7-4-8-12-18)24-20(17)16-9-5-3-6-10-16/h3-12,14H,13,15H2,1-2H3,(H2,22,23,27,28). The van der Waals surface area contributed by atoms with Crippen molar-refractivity contribution in [3.63, 3.8) is 0 Å². The van der Waals surface area contributed by atoms with Gasteiger partial charge in [0.25, 0.3) is 0 Å². The molecule has 0 spiro atoms. The quantitative estimate of drug-likeness (QED) is 0.692. The topological polar surface area (TPSA) is 79.3 Å². The molecule has 0 aliphatic rings. The van der Waals surface area contributed by atoms with Crippen molar-refractivity contribution in [2.75, 3.05) is 20.6 Å². The van der Waals surface area contributed by atoms with Gasteiger partial charge in [-0.1, -0.05) is 48.5 Å². The Bertz CT molecular complexity index is 938. The van der Waals surface area contributed by atoms with Gasteiger partial charge in [-0.3, -0.25) is 15.0 Å². The zero-order chi connectivity index (χ0) is 19.9. The normalized spacial score (nSPS) is 10.7. The zero-order valence-corrected chi connectivity index (χ0v) is 15.9. The number of benzene rings is 2. The smallest absolute Gasteiger partial charge is 0.321 e. The summed E-state index contributed by atoms with van der Waals surface area (Å²) in [7, 11) is 3.30. The van der Waals surface area contributed by atoms with Crippen molar-refractivity contribution in [2.45, 2.75) is 6.54 Å². The van der Waals surface area contributed by atoms with E-state index in [1.807, 2.05) is 83.5 Å². The molecule has 0 saturated heterocycles. The molecular weight excluding hydrogens is 354 g/mol. The molecule has 2 N–H and O–H groups in total. The fraction of sp³-hybridized carbons (Fsp3) is 0.190. The Kier molecular flexibility index (Phi) is 6.18. The number of para-hydroxylation sites is 1. The van der Waals surface area contributed by atoms with Gasteiger partial charge >= 0.3 is 6.03 Å². The Morgan fingerprint density at radius 2 is 1.68 bits per heavy atom. The first-order chi connectivity index (χ1) is 13.6. The predicted molar refractivity (Wildman–Crippen MR) is 108 cm³/mol. The highest BCUT2D eigenvalue weighted by Crippen LogP contribution is 2.24. The van der Waals surface area contributed by atoms with Gasteiger partial charge in [-0.25, -0.2) is 9.48 Å². The number of likely N-dealkylation sites (N-methyl/N-ethyl adjacent to an activating group) is 1. The molecule has 3 rings (SSSR count). The van der Waals surface area contributed by atoms with Gasteiger partial charge in [0.05, 0.1) is 17.9 Å². The molecule has 3 amide bonds. The van der Waals surface area contributed by atoms with Crippen molar-refractivity contribution < 1.29 is 9.59 Å². The molecule has 1 heterocycles. The number of aromatic nitrogens is 2. The van der Waals surface area contributed by atoms with E-state index in [2.05, 4.69) is 10.6 Å². The molecule has 0 saturated carbocycles. The summed E-state index contributed by atoms with van der Waals surface area (Å²) in [4.78, 5) is 25.1. The van der Waals surface area contributed by atoms with Crippen molar-refractivity contribution in [3.05, 3.63) is 72.4 Å². The average molecular weight is 377 g/mol. The Labute approximate surface area is 164 Å². The Morgan fingerprint density at radius 3 is 2.32 bits per heavy atom. The SMILES string of the molecule is CNC(=O)NC(=O)CN(C)Cc1cn(-c2ccccc2)nc1-c1ccccc1. The fourth-order valence-electron chi connectivity index (χ4n) is 2.90. The summed E-state index contributed by atoms with van der Waals surface area (Å²) >= 11 is 0. The number of hydrogen-bond donors (Lipinski definition) is 2. The molecule has 0 aliphatic carbocycles. The molecule has 0 fully saturated rings. The number of imide groups is 1. The number of hydrogen-bond acceptors (Lipinski definition) is 4. The summed E-state index contributed by atoms with van der Waals surface area (Å²) in [5, 5.41) is 9.41. The van der Waals surface area contributed by atoms with Crippen LogP contribution in [0.2, 0.25) is 0 Å². The highest BCUT2D eigenvalue weighted by atomic mass is 16.2. The van der Waals surface area contributed by atoms with Gasteiger partial charge in [0.15, 0.2) is 0 Å². The van der Waals surface area contributed by atoms with E-state index in [-0.39, 0.29) is 12.5 Å². The molecule has 7 nitrogen and oxygen atoms in total. The largest absolute Gasteiger partial charge is 0.341 e. The van der Waals surface area contributed by atoms with Gasteiger partial charge in [0.1, 0.15) is 0 Å². The molecule has 0 bridgehead atoms. The van der Waals surface area contributed by atoms with Crippen molar-refractivity contribution in [1.82, 2.24) is 25.3 Å². The van der Waals surface area contributed by atoms with Crippen LogP contribution in [-0.4, -0.2) is 47.3 Å². The molecule has 28 heavy (non-hydrogen) atoms. The van der Waals surface area contributed by atoms with Crippen LogP contribution in [0.4, 0.5) is 4.79 Å². The molecule has 0 unspecified atom stereocenters. The fourth-order valence-corrected chi connectivity index (χ4v) is 2.90. The lowest BCUT2D eigenvalue weighted by Crippen LogP contribution is -2.42. The van der Waals surface area contributed by atoms with Crippen LogP contribution in [0.3, 0.4) is 0 Å². The van der Waals surface area contributed by atoms with E-state index in [4.69, 9.17) is 5.10 Å². The molecular formula is C21H23N5O2. The lowest BCUT2D eigenvalue weighted by molar-refractivity contribution is -0.120. The summed E-state index contributed by atoms with van der Waals surface area (Å²) in [6.45, 7) is 0.608. The summed E-state index contributed by atoms with van der Waals surface area (Å²) in [5.41, 5.74) is 3.83. The van der Waals surface area contributed by atoms with Crippen LogP contribution in [0.15, 0.2) is 66.9 Å². The average Bonchev–Trinajstić information content (AvgIpc) is 3.12. The third kappa shape index (κ3) is 4.83. The van der Waals surface area contributed by atoms with E-state index >= 15 is 0 Å². The van der Waals surface area contributed by atoms with E-state index in [1.54, 1.807) is 0 Å². The third-order valence-corrected chi connectivity index (χ3v) is 4.19. The van der Waals surface area contributed by atoms with Crippen LogP contribution >= 0.6 is 0 Å². The van der Waals surface area contributed by atoms with Crippen molar-refractivity contribution in [2.24, 2.45) is 0 Å². The molecule has 3 aromatic rings. The lowest BCUT2D eigenvalue weighted by Gasteiger charge is -2.15. The van der Waals surface area contributed by atoms with Gasteiger partial charge in [0, 0.05) is 30.9 Å². The minimum Gasteiger partial charge on any atom is -0.341 e. The first-order valence-corrected chi connectivity index (χ1v) is 8.96. The summed E-state index contributed by atoms with van der Waals surface area (Å²) < 4.78 is 1.84. The second-order valence-corrected chi connectivity index (χ2v) is 6.45. The summed E-state index contributed by atoms with van der Waals surface area (Å²) in [6.07, 6.45) is 1.98. The van der Waals surface area contributed by atoms with Crippen molar-refractivity contribution in [3.8, 4) is 16.9 Å². The maximum atomic E-state index is 12.0. The number of carbonyl (C=O) groups is 2. The highest BCUT2D eigenvalue weighted by Gasteiger charge is 2.16. The van der Waals surface area contributed by atoms with Gasteiger partial charge < -0.3 is 5.32 Å². The van der Waals surface area contributed by atoms with E-state index in [1.165, 1.54) is 7.05 Å². The van der Waals surface area contributed by atoms with E-state index < -0.39 is 6.03 Å². The molecule has 2 aromatic carbocycles. The monoisotopic (exact) mass is 377 g/mol. The predicted octanol–water partition coefficient (Wildman–Crippen LogP) is 2.43. The van der Waals surface area contributed by atoms with Crippen LogP contribution in [0.5, 0.6) is 0 Å².